The lowest BCUT2D eigenvalue weighted by atomic mass is 10.1. The molecule has 0 spiro atoms. The van der Waals surface area contributed by atoms with Crippen molar-refractivity contribution in [1.82, 2.24) is 29.8 Å². The van der Waals surface area contributed by atoms with Crippen LogP contribution in [0.4, 0.5) is 0 Å². The third-order valence-electron chi connectivity index (χ3n) is 5.65. The summed E-state index contributed by atoms with van der Waals surface area (Å²) in [6.45, 7) is 3.74. The third-order valence-corrected chi connectivity index (χ3v) is 6.97. The first-order valence-corrected chi connectivity index (χ1v) is 13.7. The van der Waals surface area contributed by atoms with E-state index >= 15 is 0 Å². The minimum absolute atomic E-state index is 0.0180. The summed E-state index contributed by atoms with van der Waals surface area (Å²) < 4.78 is 36.6. The van der Waals surface area contributed by atoms with E-state index in [0.717, 1.165) is 11.8 Å². The van der Waals surface area contributed by atoms with Gasteiger partial charge in [-0.1, -0.05) is 30.3 Å². The van der Waals surface area contributed by atoms with Crippen LogP contribution in [0, 0.1) is 0 Å². The number of nitrogens with zero attached hydrogens (tertiary/aromatic N) is 5. The molecule has 37 heavy (non-hydrogen) atoms. The van der Waals surface area contributed by atoms with E-state index in [1.165, 1.54) is 23.1 Å². The molecule has 1 heterocycles. The second-order valence-electron chi connectivity index (χ2n) is 9.35. The van der Waals surface area contributed by atoms with E-state index in [1.807, 2.05) is 30.3 Å². The van der Waals surface area contributed by atoms with Crippen molar-refractivity contribution in [3.63, 3.8) is 0 Å². The molecule has 0 aliphatic heterocycles. The van der Waals surface area contributed by atoms with E-state index in [2.05, 4.69) is 20.8 Å². The van der Waals surface area contributed by atoms with Crippen LogP contribution < -0.4 is 11.1 Å². The summed E-state index contributed by atoms with van der Waals surface area (Å²) in [5.74, 6) is -0.817. The molecule has 0 saturated heterocycles. The lowest BCUT2D eigenvalue weighted by molar-refractivity contribution is -0.145. The molecule has 1 amide bonds. The number of sulfonamides is 1. The molecule has 14 heteroatoms. The lowest BCUT2D eigenvalue weighted by Gasteiger charge is -2.25. The first-order valence-electron chi connectivity index (χ1n) is 11.8. The Kier molecular flexibility index (Phi) is 11.1. The number of benzene rings is 1. The zero-order valence-corrected chi connectivity index (χ0v) is 22.8. The number of rotatable bonds is 15. The van der Waals surface area contributed by atoms with Gasteiger partial charge in [-0.25, -0.2) is 22.2 Å². The van der Waals surface area contributed by atoms with Gasteiger partial charge in [0, 0.05) is 13.6 Å². The molecule has 0 bridgehead atoms. The molecule has 1 aromatic carbocycles. The monoisotopic (exact) mass is 539 g/mol. The van der Waals surface area contributed by atoms with Gasteiger partial charge in [0.2, 0.25) is 15.9 Å². The second kappa shape index (κ2) is 13.6. The molecule has 206 valence electrons. The number of hydrogen-bond acceptors (Lipinski definition) is 10. The van der Waals surface area contributed by atoms with Crippen molar-refractivity contribution < 1.29 is 27.5 Å². The molecule has 1 unspecified atom stereocenters. The molecule has 2 atom stereocenters. The Hall–Kier alpha value is -2.94. The van der Waals surface area contributed by atoms with E-state index in [-0.39, 0.29) is 25.5 Å². The minimum Gasteiger partial charge on any atom is -0.467 e. The molecule has 0 aliphatic carbocycles. The Morgan fingerprint density at radius 1 is 1.22 bits per heavy atom. The van der Waals surface area contributed by atoms with Gasteiger partial charge in [0.05, 0.1) is 32.1 Å². The molecule has 13 nitrogen and oxygen atoms in total. The molecule has 2 rings (SSSR count). The number of tetrazole rings is 1. The number of nitrogens with two attached hydrogens (primary N) is 1. The number of hydrogen-bond donors (Lipinski definition) is 2. The molecule has 2 aromatic rings. The van der Waals surface area contributed by atoms with E-state index in [9.17, 15) is 18.0 Å². The number of nitrogens with one attached hydrogen (secondary N) is 1. The number of methoxy groups -OCH3 is 1. The predicted molar refractivity (Wildman–Crippen MR) is 135 cm³/mol. The van der Waals surface area contributed by atoms with Gasteiger partial charge < -0.3 is 20.5 Å². The normalized spacial score (nSPS) is 13.8. The highest BCUT2D eigenvalue weighted by atomic mass is 32.2. The molecule has 0 fully saturated rings. The molecular weight excluding hydrogens is 502 g/mol. The van der Waals surface area contributed by atoms with Crippen molar-refractivity contribution in [3.8, 4) is 0 Å². The minimum atomic E-state index is -3.30. The standard InChI is InChI=1S/C23H37N7O6S/c1-23(2,24)22(32)25-18(16-36-15-17-11-7-6-8-12-17)20-26-27-28-30(20)19(21(31)35-4)13-9-10-14-29(3)37(5,33)34/h6-8,11-12,18-19H,9-10,13-16,24H2,1-5H3,(H,25,32)/t18-,19?/m1/s1. The Balaban J connectivity index is 2.22. The lowest BCUT2D eigenvalue weighted by Crippen LogP contribution is -2.51. The third kappa shape index (κ3) is 9.46. The highest BCUT2D eigenvalue weighted by molar-refractivity contribution is 7.88. The van der Waals surface area contributed by atoms with Crippen LogP contribution >= 0.6 is 0 Å². The van der Waals surface area contributed by atoms with E-state index < -0.39 is 39.5 Å². The van der Waals surface area contributed by atoms with Crippen LogP contribution in [0.1, 0.15) is 56.6 Å². The number of unbranched alkanes of at least 4 members (excludes halogenated alkanes) is 1. The maximum absolute atomic E-state index is 12.7. The van der Waals surface area contributed by atoms with Crippen molar-refractivity contribution in [1.29, 1.82) is 0 Å². The van der Waals surface area contributed by atoms with Gasteiger partial charge in [-0.15, -0.1) is 5.10 Å². The molecule has 0 saturated carbocycles. The molecular formula is C23H37N7O6S. The Morgan fingerprint density at radius 2 is 1.89 bits per heavy atom. The van der Waals surface area contributed by atoms with Crippen molar-refractivity contribution in [3.05, 3.63) is 41.7 Å². The summed E-state index contributed by atoms with van der Waals surface area (Å²) >= 11 is 0. The predicted octanol–water partition coefficient (Wildman–Crippen LogP) is 0.560. The summed E-state index contributed by atoms with van der Waals surface area (Å²) in [5.41, 5.74) is 5.74. The zero-order chi connectivity index (χ0) is 27.6. The maximum Gasteiger partial charge on any atom is 0.330 e. The van der Waals surface area contributed by atoms with E-state index in [0.29, 0.717) is 19.4 Å². The van der Waals surface area contributed by atoms with Crippen LogP contribution in [-0.4, -0.2) is 83.9 Å². The number of carbonyl (C=O) groups is 2. The zero-order valence-electron chi connectivity index (χ0n) is 22.0. The SMILES string of the molecule is COC(=O)C(CCCCN(C)S(C)(=O)=O)n1nnnc1[C@@H](COCc1ccccc1)NC(=O)C(C)(C)N. The van der Waals surface area contributed by atoms with Crippen LogP contribution in [0.25, 0.3) is 0 Å². The highest BCUT2D eigenvalue weighted by Gasteiger charge is 2.32. The number of amides is 1. The van der Waals surface area contributed by atoms with Crippen LogP contribution in [0.3, 0.4) is 0 Å². The Bertz CT molecular complexity index is 1120. The van der Waals surface area contributed by atoms with Crippen LogP contribution in [0.15, 0.2) is 30.3 Å². The van der Waals surface area contributed by atoms with Crippen LogP contribution in [-0.2, 0) is 35.7 Å². The molecule has 0 aliphatic rings. The highest BCUT2D eigenvalue weighted by Crippen LogP contribution is 2.22. The topological polar surface area (TPSA) is 172 Å². The fourth-order valence-corrected chi connectivity index (χ4v) is 3.82. The smallest absolute Gasteiger partial charge is 0.330 e. The van der Waals surface area contributed by atoms with Gasteiger partial charge in [-0.3, -0.25) is 4.79 Å². The van der Waals surface area contributed by atoms with E-state index in [4.69, 9.17) is 15.2 Å². The Labute approximate surface area is 217 Å². The number of esters is 1. The molecule has 0 radical (unpaired) electrons. The summed E-state index contributed by atoms with van der Waals surface area (Å²) in [6, 6.07) is 7.81. The summed E-state index contributed by atoms with van der Waals surface area (Å²) in [7, 11) is -0.544. The molecule has 1 aromatic heterocycles. The average molecular weight is 540 g/mol. The van der Waals surface area contributed by atoms with Crippen molar-refractivity contribution in [2.75, 3.05) is 33.6 Å². The van der Waals surface area contributed by atoms with Crippen molar-refractivity contribution in [2.45, 2.75) is 57.3 Å². The second-order valence-corrected chi connectivity index (χ2v) is 11.4. The summed E-state index contributed by atoms with van der Waals surface area (Å²) in [5, 5.41) is 14.6. The first kappa shape index (κ1) is 30.3. The van der Waals surface area contributed by atoms with Gasteiger partial charge in [0.25, 0.3) is 0 Å². The van der Waals surface area contributed by atoms with Crippen molar-refractivity contribution >= 4 is 21.9 Å². The average Bonchev–Trinajstić information content (AvgIpc) is 3.31. The van der Waals surface area contributed by atoms with Gasteiger partial charge in [-0.05, 0) is 49.1 Å². The first-order chi connectivity index (χ1) is 17.3. The number of ether oxygens (including phenoxy) is 2. The van der Waals surface area contributed by atoms with Gasteiger partial charge in [0.1, 0.15) is 6.04 Å². The molecule has 3 N–H and O–H groups in total. The summed E-state index contributed by atoms with van der Waals surface area (Å²) in [4.78, 5) is 25.4. The quantitative estimate of drug-likeness (QED) is 0.241. The van der Waals surface area contributed by atoms with Gasteiger partial charge >= 0.3 is 5.97 Å². The van der Waals surface area contributed by atoms with E-state index in [1.54, 1.807) is 13.8 Å². The fourth-order valence-electron chi connectivity index (χ4n) is 3.36. The van der Waals surface area contributed by atoms with Crippen LogP contribution in [0.2, 0.25) is 0 Å². The Morgan fingerprint density at radius 3 is 2.49 bits per heavy atom. The number of carbonyl (C=O) groups excluding carboxylic acids is 2. The summed E-state index contributed by atoms with van der Waals surface area (Å²) in [6.07, 6.45) is 2.43. The number of aromatic nitrogens is 4. The van der Waals surface area contributed by atoms with Gasteiger partial charge in [-0.2, -0.15) is 0 Å². The maximum atomic E-state index is 12.7. The van der Waals surface area contributed by atoms with Crippen molar-refractivity contribution in [2.24, 2.45) is 5.73 Å². The largest absolute Gasteiger partial charge is 0.467 e. The van der Waals surface area contributed by atoms with Crippen LogP contribution in [0.5, 0.6) is 0 Å². The van der Waals surface area contributed by atoms with Gasteiger partial charge in [0.15, 0.2) is 11.9 Å². The fraction of sp³-hybridized carbons (Fsp3) is 0.609.